The van der Waals surface area contributed by atoms with Gasteiger partial charge in [-0.05, 0) is 38.1 Å². The summed E-state index contributed by atoms with van der Waals surface area (Å²) in [6.07, 6.45) is -0.338. The number of fused-ring (bicyclic) bond motifs is 1. The van der Waals surface area contributed by atoms with Crippen molar-refractivity contribution < 1.29 is 13.9 Å². The Morgan fingerprint density at radius 2 is 1.87 bits per heavy atom. The van der Waals surface area contributed by atoms with Gasteiger partial charge in [-0.1, -0.05) is 29.8 Å². The minimum absolute atomic E-state index is 0.0713. The van der Waals surface area contributed by atoms with E-state index in [0.717, 1.165) is 11.1 Å². The van der Waals surface area contributed by atoms with Crippen LogP contribution in [0.5, 0.6) is 0 Å². The highest BCUT2D eigenvalue weighted by molar-refractivity contribution is 5.77. The third-order valence-electron chi connectivity index (χ3n) is 5.02. The molecule has 0 N–H and O–H groups in total. The van der Waals surface area contributed by atoms with Gasteiger partial charge in [0, 0.05) is 19.0 Å². The number of aromatic nitrogens is 4. The van der Waals surface area contributed by atoms with Crippen LogP contribution in [-0.4, -0.2) is 25.7 Å². The van der Waals surface area contributed by atoms with Gasteiger partial charge in [0.05, 0.1) is 17.3 Å². The Morgan fingerprint density at radius 1 is 1.13 bits per heavy atom. The maximum absolute atomic E-state index is 12.5. The lowest BCUT2D eigenvalue weighted by molar-refractivity contribution is -0.149. The molecule has 31 heavy (non-hydrogen) atoms. The monoisotopic (exact) mass is 418 g/mol. The Hall–Kier alpha value is -3.81. The van der Waals surface area contributed by atoms with Crippen molar-refractivity contribution in [1.82, 2.24) is 19.7 Å². The molecule has 0 saturated heterocycles. The van der Waals surface area contributed by atoms with Gasteiger partial charge in [-0.15, -0.1) is 10.2 Å². The normalized spacial score (nSPS) is 12.1. The number of para-hydroxylation sites is 1. The zero-order valence-electron chi connectivity index (χ0n) is 17.5. The van der Waals surface area contributed by atoms with Crippen LogP contribution in [0.3, 0.4) is 0 Å². The van der Waals surface area contributed by atoms with Gasteiger partial charge in [0.15, 0.2) is 6.10 Å². The first-order valence-electron chi connectivity index (χ1n) is 9.97. The van der Waals surface area contributed by atoms with Gasteiger partial charge in [0.25, 0.3) is 11.4 Å². The minimum Gasteiger partial charge on any atom is -0.453 e. The highest BCUT2D eigenvalue weighted by atomic mass is 16.6. The number of rotatable bonds is 6. The average molecular weight is 418 g/mol. The molecule has 8 heteroatoms. The summed E-state index contributed by atoms with van der Waals surface area (Å²) < 4.78 is 12.6. The molecule has 0 fully saturated rings. The van der Waals surface area contributed by atoms with Crippen molar-refractivity contribution in [2.45, 2.75) is 32.8 Å². The summed E-state index contributed by atoms with van der Waals surface area (Å²) in [6.45, 7) is 3.67. The number of hydrogen-bond acceptors (Lipinski definition) is 7. The molecule has 2 heterocycles. The molecule has 0 aliphatic rings. The first kappa shape index (κ1) is 20.5. The van der Waals surface area contributed by atoms with E-state index < -0.39 is 12.1 Å². The van der Waals surface area contributed by atoms with E-state index in [1.165, 1.54) is 4.57 Å². The molecule has 4 rings (SSSR count). The van der Waals surface area contributed by atoms with Crippen LogP contribution >= 0.6 is 0 Å². The van der Waals surface area contributed by atoms with Crippen molar-refractivity contribution in [3.63, 3.8) is 0 Å². The van der Waals surface area contributed by atoms with Crippen LogP contribution in [0, 0.1) is 6.92 Å². The summed E-state index contributed by atoms with van der Waals surface area (Å²) in [6, 6.07) is 14.8. The maximum Gasteiger partial charge on any atom is 0.307 e. The van der Waals surface area contributed by atoms with Crippen molar-refractivity contribution in [2.75, 3.05) is 0 Å². The SMILES string of the molecule is Cc1ccc(-c2nnc(C(C)OC(=O)CCc3nc4ccccc4c(=O)n3C)o2)cc1. The number of ether oxygens (including phenoxy) is 1. The highest BCUT2D eigenvalue weighted by Crippen LogP contribution is 2.23. The molecular formula is C23H22N4O4. The Labute approximate surface area is 178 Å². The molecule has 0 saturated carbocycles. The topological polar surface area (TPSA) is 100 Å². The molecule has 0 spiro atoms. The fourth-order valence-corrected chi connectivity index (χ4v) is 3.22. The molecule has 0 bridgehead atoms. The number of benzene rings is 2. The fraction of sp³-hybridized carbons (Fsp3) is 0.261. The zero-order valence-corrected chi connectivity index (χ0v) is 17.5. The molecular weight excluding hydrogens is 396 g/mol. The Morgan fingerprint density at radius 3 is 2.65 bits per heavy atom. The number of esters is 1. The summed E-state index contributed by atoms with van der Waals surface area (Å²) in [5.74, 6) is 0.672. The van der Waals surface area contributed by atoms with Crippen LogP contribution < -0.4 is 5.56 Å². The standard InChI is InChI=1S/C23H22N4O4/c1-14-8-10-16(11-9-14)22-26-25-21(31-22)15(2)30-20(28)13-12-19-24-18-7-5-4-6-17(18)23(29)27(19)3/h4-11,15H,12-13H2,1-3H3. The van der Waals surface area contributed by atoms with Crippen molar-refractivity contribution in [1.29, 1.82) is 0 Å². The summed E-state index contributed by atoms with van der Waals surface area (Å²) in [4.78, 5) is 29.3. The maximum atomic E-state index is 12.5. The van der Waals surface area contributed by atoms with E-state index in [0.29, 0.717) is 22.6 Å². The second-order valence-electron chi connectivity index (χ2n) is 7.35. The lowest BCUT2D eigenvalue weighted by atomic mass is 10.1. The lowest BCUT2D eigenvalue weighted by Gasteiger charge is -2.11. The van der Waals surface area contributed by atoms with Gasteiger partial charge in [0.2, 0.25) is 5.89 Å². The van der Waals surface area contributed by atoms with Gasteiger partial charge in [-0.25, -0.2) is 4.98 Å². The lowest BCUT2D eigenvalue weighted by Crippen LogP contribution is -2.23. The summed E-state index contributed by atoms with van der Waals surface area (Å²) in [5.41, 5.74) is 2.39. The fourth-order valence-electron chi connectivity index (χ4n) is 3.22. The molecule has 1 unspecified atom stereocenters. The van der Waals surface area contributed by atoms with Gasteiger partial charge in [-0.2, -0.15) is 0 Å². The molecule has 0 radical (unpaired) electrons. The molecule has 2 aromatic heterocycles. The number of carbonyl (C=O) groups excluding carboxylic acids is 1. The van der Waals surface area contributed by atoms with Crippen LogP contribution in [-0.2, 0) is 23.0 Å². The van der Waals surface area contributed by atoms with Crippen LogP contribution in [0.2, 0.25) is 0 Å². The van der Waals surface area contributed by atoms with Crippen LogP contribution in [0.1, 0.15) is 36.7 Å². The van der Waals surface area contributed by atoms with Crippen LogP contribution in [0.25, 0.3) is 22.4 Å². The first-order chi connectivity index (χ1) is 14.9. The molecule has 158 valence electrons. The quantitative estimate of drug-likeness (QED) is 0.442. The van der Waals surface area contributed by atoms with Crippen LogP contribution in [0.15, 0.2) is 57.7 Å². The number of carbonyl (C=O) groups is 1. The summed E-state index contributed by atoms with van der Waals surface area (Å²) in [5, 5.41) is 8.57. The molecule has 1 atom stereocenters. The molecule has 4 aromatic rings. The second kappa shape index (κ2) is 8.51. The molecule has 0 aliphatic carbocycles. The largest absolute Gasteiger partial charge is 0.453 e. The molecule has 8 nitrogen and oxygen atoms in total. The van der Waals surface area contributed by atoms with E-state index in [-0.39, 0.29) is 24.3 Å². The van der Waals surface area contributed by atoms with E-state index >= 15 is 0 Å². The Bertz CT molecular complexity index is 1290. The third-order valence-corrected chi connectivity index (χ3v) is 5.02. The van der Waals surface area contributed by atoms with E-state index in [1.54, 1.807) is 32.2 Å². The van der Waals surface area contributed by atoms with Crippen molar-refractivity contribution in [3.05, 3.63) is 76.2 Å². The predicted molar refractivity (Wildman–Crippen MR) is 114 cm³/mol. The van der Waals surface area contributed by atoms with E-state index in [1.807, 2.05) is 37.3 Å². The second-order valence-corrected chi connectivity index (χ2v) is 7.35. The van der Waals surface area contributed by atoms with E-state index in [4.69, 9.17) is 9.15 Å². The van der Waals surface area contributed by atoms with Gasteiger partial charge >= 0.3 is 5.97 Å². The summed E-state index contributed by atoms with van der Waals surface area (Å²) in [7, 11) is 1.65. The van der Waals surface area contributed by atoms with Crippen molar-refractivity contribution in [3.8, 4) is 11.5 Å². The molecule has 0 amide bonds. The highest BCUT2D eigenvalue weighted by Gasteiger charge is 2.19. The number of aryl methyl sites for hydroxylation is 2. The van der Waals surface area contributed by atoms with Gasteiger partial charge in [-0.3, -0.25) is 14.2 Å². The van der Waals surface area contributed by atoms with E-state index in [2.05, 4.69) is 15.2 Å². The van der Waals surface area contributed by atoms with Gasteiger partial charge in [0.1, 0.15) is 5.82 Å². The number of nitrogens with zero attached hydrogens (tertiary/aromatic N) is 4. The van der Waals surface area contributed by atoms with Gasteiger partial charge < -0.3 is 9.15 Å². The Kier molecular flexibility index (Phi) is 5.62. The minimum atomic E-state index is -0.687. The Balaban J connectivity index is 1.40. The smallest absolute Gasteiger partial charge is 0.307 e. The third kappa shape index (κ3) is 4.37. The van der Waals surface area contributed by atoms with Crippen molar-refractivity contribution >= 4 is 16.9 Å². The van der Waals surface area contributed by atoms with Crippen LogP contribution in [0.4, 0.5) is 0 Å². The zero-order chi connectivity index (χ0) is 22.0. The molecule has 2 aromatic carbocycles. The first-order valence-corrected chi connectivity index (χ1v) is 9.97. The average Bonchev–Trinajstić information content (AvgIpc) is 3.26. The predicted octanol–water partition coefficient (Wildman–Crippen LogP) is 3.53. The summed E-state index contributed by atoms with van der Waals surface area (Å²) >= 11 is 0. The number of hydrogen-bond donors (Lipinski definition) is 0. The molecule has 0 aliphatic heterocycles. The van der Waals surface area contributed by atoms with E-state index in [9.17, 15) is 9.59 Å². The van der Waals surface area contributed by atoms with Crippen molar-refractivity contribution in [2.24, 2.45) is 7.05 Å².